The minimum absolute atomic E-state index is 0.00630. The highest BCUT2D eigenvalue weighted by Gasteiger charge is 2.46. The van der Waals surface area contributed by atoms with Crippen molar-refractivity contribution < 1.29 is 14.3 Å². The molecule has 4 unspecified atom stereocenters. The molecule has 0 radical (unpaired) electrons. The van der Waals surface area contributed by atoms with Gasteiger partial charge in [0.05, 0.1) is 0 Å². The molecule has 20 heavy (non-hydrogen) atoms. The van der Waals surface area contributed by atoms with E-state index in [1.165, 1.54) is 6.07 Å². The summed E-state index contributed by atoms with van der Waals surface area (Å²) in [5, 5.41) is 12.3. The van der Waals surface area contributed by atoms with Crippen molar-refractivity contribution >= 4 is 17.5 Å². The lowest BCUT2D eigenvalue weighted by Gasteiger charge is -2.19. The van der Waals surface area contributed by atoms with E-state index in [0.29, 0.717) is 17.0 Å². The molecule has 0 aromatic heterocycles. The van der Waals surface area contributed by atoms with Gasteiger partial charge in [0.25, 0.3) is 0 Å². The highest BCUT2D eigenvalue weighted by molar-refractivity contribution is 6.31. The number of hydrogen-bond acceptors (Lipinski definition) is 2. The number of aliphatic hydroxyl groups is 1. The van der Waals surface area contributed by atoms with Gasteiger partial charge in [-0.2, -0.15) is 0 Å². The highest BCUT2D eigenvalue weighted by Crippen LogP contribution is 2.50. The third-order valence-corrected chi connectivity index (χ3v) is 4.34. The summed E-state index contributed by atoms with van der Waals surface area (Å²) in [4.78, 5) is 12.1. The number of rotatable bonds is 5. The maximum atomic E-state index is 13.8. The van der Waals surface area contributed by atoms with E-state index < -0.39 is 0 Å². The van der Waals surface area contributed by atoms with Gasteiger partial charge in [0.2, 0.25) is 5.91 Å². The molecule has 0 bridgehead atoms. The van der Waals surface area contributed by atoms with Crippen LogP contribution in [0.15, 0.2) is 18.2 Å². The molecular weight excluding hydrogens is 281 g/mol. The highest BCUT2D eigenvalue weighted by atomic mass is 35.5. The largest absolute Gasteiger partial charge is 0.396 e. The summed E-state index contributed by atoms with van der Waals surface area (Å²) in [5.74, 6) is -0.817. The van der Waals surface area contributed by atoms with E-state index in [1.54, 1.807) is 12.1 Å². The average Bonchev–Trinajstić information content (AvgIpc) is 3.17. The number of amides is 1. The van der Waals surface area contributed by atoms with Crippen LogP contribution < -0.4 is 5.32 Å². The Morgan fingerprint density at radius 2 is 2.25 bits per heavy atom. The fraction of sp³-hybridized carbons (Fsp3) is 0.533. The van der Waals surface area contributed by atoms with Gasteiger partial charge in [0.1, 0.15) is 5.82 Å². The van der Waals surface area contributed by atoms with E-state index >= 15 is 0 Å². The second kappa shape index (κ2) is 6.10. The molecule has 0 aliphatic heterocycles. The van der Waals surface area contributed by atoms with Crippen LogP contribution in [0.3, 0.4) is 0 Å². The molecule has 1 saturated carbocycles. The smallest absolute Gasteiger partial charge is 0.223 e. The summed E-state index contributed by atoms with van der Waals surface area (Å²) in [6, 6.07) is 4.46. The Bertz CT molecular complexity index is 488. The predicted octanol–water partition coefficient (Wildman–Crippen LogP) is 2.72. The van der Waals surface area contributed by atoms with Crippen molar-refractivity contribution in [2.75, 3.05) is 6.61 Å². The average molecular weight is 300 g/mol. The van der Waals surface area contributed by atoms with Gasteiger partial charge < -0.3 is 10.4 Å². The van der Waals surface area contributed by atoms with E-state index in [1.807, 2.05) is 13.8 Å². The van der Waals surface area contributed by atoms with Crippen LogP contribution in [0.1, 0.15) is 31.7 Å². The van der Waals surface area contributed by atoms with Crippen molar-refractivity contribution in [1.29, 1.82) is 0 Å². The normalized spacial score (nSPS) is 24.1. The lowest BCUT2D eigenvalue weighted by Crippen LogP contribution is -2.39. The van der Waals surface area contributed by atoms with Crippen LogP contribution >= 0.6 is 11.6 Å². The van der Waals surface area contributed by atoms with Crippen LogP contribution in [0.25, 0.3) is 0 Å². The predicted molar refractivity (Wildman–Crippen MR) is 76.1 cm³/mol. The van der Waals surface area contributed by atoms with Crippen LogP contribution in [0.2, 0.25) is 5.02 Å². The van der Waals surface area contributed by atoms with Crippen LogP contribution in [0.4, 0.5) is 4.39 Å². The number of nitrogens with one attached hydrogen (secondary N) is 1. The molecule has 5 heteroatoms. The number of carbonyl (C=O) groups is 1. The number of aliphatic hydroxyl groups excluding tert-OH is 1. The summed E-state index contributed by atoms with van der Waals surface area (Å²) in [5.41, 5.74) is 0.442. The molecule has 1 amide bonds. The third kappa shape index (κ3) is 3.13. The van der Waals surface area contributed by atoms with Gasteiger partial charge in [-0.3, -0.25) is 4.79 Å². The Kier molecular flexibility index (Phi) is 4.66. The fourth-order valence-electron chi connectivity index (χ4n) is 2.30. The summed E-state index contributed by atoms with van der Waals surface area (Å²) in [6.45, 7) is 3.74. The second-order valence-corrected chi connectivity index (χ2v) is 5.95. The van der Waals surface area contributed by atoms with Crippen molar-refractivity contribution in [3.05, 3.63) is 34.6 Å². The van der Waals surface area contributed by atoms with Gasteiger partial charge in [-0.25, -0.2) is 4.39 Å². The Labute approximate surface area is 123 Å². The molecule has 1 aromatic rings. The van der Waals surface area contributed by atoms with Gasteiger partial charge in [-0.05, 0) is 31.4 Å². The van der Waals surface area contributed by atoms with Gasteiger partial charge in [0.15, 0.2) is 0 Å². The Hall–Kier alpha value is -1.13. The molecule has 1 aliphatic carbocycles. The first kappa shape index (κ1) is 15.3. The lowest BCUT2D eigenvalue weighted by atomic mass is 10.0. The zero-order valence-electron chi connectivity index (χ0n) is 11.6. The number of carbonyl (C=O) groups excluding carboxylic acids is 1. The number of hydrogen-bond donors (Lipinski definition) is 2. The maximum absolute atomic E-state index is 13.8. The number of halogens is 2. The van der Waals surface area contributed by atoms with Crippen molar-refractivity contribution in [3.8, 4) is 0 Å². The Morgan fingerprint density at radius 1 is 1.55 bits per heavy atom. The summed E-state index contributed by atoms with van der Waals surface area (Å²) < 4.78 is 13.8. The summed E-state index contributed by atoms with van der Waals surface area (Å²) in [7, 11) is 0. The van der Waals surface area contributed by atoms with E-state index in [-0.39, 0.29) is 42.1 Å². The first-order chi connectivity index (χ1) is 9.45. The maximum Gasteiger partial charge on any atom is 0.223 e. The van der Waals surface area contributed by atoms with Crippen LogP contribution in [0, 0.1) is 17.7 Å². The minimum atomic E-state index is -0.352. The molecule has 0 spiro atoms. The monoisotopic (exact) mass is 299 g/mol. The molecular formula is C15H19ClFNO2. The molecule has 3 nitrogen and oxygen atoms in total. The molecule has 1 aliphatic rings. The topological polar surface area (TPSA) is 49.3 Å². The van der Waals surface area contributed by atoms with Crippen LogP contribution in [0.5, 0.6) is 0 Å². The molecule has 1 aromatic carbocycles. The van der Waals surface area contributed by atoms with Crippen molar-refractivity contribution in [3.63, 3.8) is 0 Å². The van der Waals surface area contributed by atoms with E-state index in [0.717, 1.165) is 0 Å². The first-order valence-corrected chi connectivity index (χ1v) is 7.18. The van der Waals surface area contributed by atoms with Gasteiger partial charge in [-0.1, -0.05) is 24.6 Å². The van der Waals surface area contributed by atoms with Crippen molar-refractivity contribution in [2.45, 2.75) is 32.2 Å². The van der Waals surface area contributed by atoms with E-state index in [2.05, 4.69) is 5.32 Å². The molecule has 0 saturated heterocycles. The standard InChI is InChI=1S/C15H19ClFNO2/c1-8(7-19)9(2)18-15(20)11-6-10(11)14-12(16)4-3-5-13(14)17/h3-5,8-11,19H,6-7H2,1-2H3,(H,18,20). The minimum Gasteiger partial charge on any atom is -0.396 e. The zero-order chi connectivity index (χ0) is 14.9. The molecule has 1 fully saturated rings. The van der Waals surface area contributed by atoms with E-state index in [9.17, 15) is 9.18 Å². The summed E-state index contributed by atoms with van der Waals surface area (Å²) >= 11 is 6.01. The molecule has 2 rings (SSSR count). The molecule has 0 heterocycles. The Morgan fingerprint density at radius 3 is 2.85 bits per heavy atom. The van der Waals surface area contributed by atoms with Gasteiger partial charge in [-0.15, -0.1) is 0 Å². The lowest BCUT2D eigenvalue weighted by molar-refractivity contribution is -0.123. The quantitative estimate of drug-likeness (QED) is 0.878. The van der Waals surface area contributed by atoms with Gasteiger partial charge in [0, 0.05) is 35.1 Å². The SMILES string of the molecule is CC(CO)C(C)NC(=O)C1CC1c1c(F)cccc1Cl. The van der Waals surface area contributed by atoms with Crippen molar-refractivity contribution in [2.24, 2.45) is 11.8 Å². The molecule has 4 atom stereocenters. The van der Waals surface area contributed by atoms with Gasteiger partial charge >= 0.3 is 0 Å². The summed E-state index contributed by atoms with van der Waals surface area (Å²) in [6.07, 6.45) is 0.618. The fourth-order valence-corrected chi connectivity index (χ4v) is 2.60. The first-order valence-electron chi connectivity index (χ1n) is 6.80. The second-order valence-electron chi connectivity index (χ2n) is 5.54. The van der Waals surface area contributed by atoms with Crippen molar-refractivity contribution in [1.82, 2.24) is 5.32 Å². The zero-order valence-corrected chi connectivity index (χ0v) is 12.3. The molecule has 110 valence electrons. The Balaban J connectivity index is 2.00. The van der Waals surface area contributed by atoms with Crippen LogP contribution in [-0.4, -0.2) is 23.7 Å². The number of benzene rings is 1. The van der Waals surface area contributed by atoms with Crippen LogP contribution in [-0.2, 0) is 4.79 Å². The molecule has 2 N–H and O–H groups in total. The third-order valence-electron chi connectivity index (χ3n) is 4.01. The van der Waals surface area contributed by atoms with E-state index in [4.69, 9.17) is 16.7 Å².